The van der Waals surface area contributed by atoms with Crippen LogP contribution in [-0.2, 0) is 9.53 Å². The van der Waals surface area contributed by atoms with Crippen LogP contribution in [0.4, 0.5) is 0 Å². The normalized spacial score (nSPS) is 15.8. The predicted octanol–water partition coefficient (Wildman–Crippen LogP) is 4.76. The molecule has 1 aliphatic heterocycles. The molecule has 0 unspecified atom stereocenters. The van der Waals surface area contributed by atoms with Gasteiger partial charge in [0.15, 0.2) is 0 Å². The molecule has 1 fully saturated rings. The maximum Gasteiger partial charge on any atom is 0.262 e. The Morgan fingerprint density at radius 2 is 1.97 bits per heavy atom. The highest BCUT2D eigenvalue weighted by Gasteiger charge is 2.24. The molecule has 6 heteroatoms. The lowest BCUT2D eigenvalue weighted by atomic mass is 9.99. The van der Waals surface area contributed by atoms with E-state index in [1.54, 1.807) is 20.1 Å². The van der Waals surface area contributed by atoms with Gasteiger partial charge < -0.3 is 19.4 Å². The molecule has 196 valence electrons. The number of ether oxygens (including phenoxy) is 1. The number of benzene rings is 1. The second kappa shape index (κ2) is 12.6. The van der Waals surface area contributed by atoms with Gasteiger partial charge in [0.2, 0.25) is 0 Å². The molecule has 2 aromatic rings. The first-order valence-electron chi connectivity index (χ1n) is 12.9. The van der Waals surface area contributed by atoms with E-state index in [0.717, 1.165) is 29.1 Å². The minimum atomic E-state index is -0.506. The molecule has 0 bridgehead atoms. The van der Waals surface area contributed by atoms with Crippen molar-refractivity contribution in [1.29, 1.82) is 5.26 Å². The van der Waals surface area contributed by atoms with Crippen molar-refractivity contribution in [1.82, 2.24) is 10.2 Å². The lowest BCUT2D eigenvalue weighted by Gasteiger charge is -2.29. The lowest BCUT2D eigenvalue weighted by Crippen LogP contribution is -2.44. The predicted molar refractivity (Wildman–Crippen MR) is 149 cm³/mol. The fourth-order valence-corrected chi connectivity index (χ4v) is 4.48. The molecular weight excluding hydrogens is 462 g/mol. The van der Waals surface area contributed by atoms with Gasteiger partial charge in [0, 0.05) is 49.2 Å². The molecule has 1 aliphatic rings. The molecule has 0 spiro atoms. The zero-order chi connectivity index (χ0) is 27.0. The molecule has 0 radical (unpaired) electrons. The third kappa shape index (κ3) is 7.24. The van der Waals surface area contributed by atoms with Gasteiger partial charge in [-0.1, -0.05) is 24.8 Å². The van der Waals surface area contributed by atoms with Crippen molar-refractivity contribution in [3.8, 4) is 17.4 Å². The largest absolute Gasteiger partial charge is 0.456 e. The second-order valence-electron chi connectivity index (χ2n) is 10.2. The standard InChI is InChI=1S/C31H39N3O3/c1-7-26(34-16-9-8-10-17-34)20-24-11-12-25(19-22(24)2)29-14-13-28(37-29)23(3)27(21-32)30(35)33-31(4,5)15-18-36-6/h7,11-14,19-20H,2,8-10,15-18H2,1,3-6H3,(H,33,35)/b24-20-,26-7?,27-23+. The molecule has 2 heterocycles. The highest BCUT2D eigenvalue weighted by atomic mass is 16.5. The Hall–Kier alpha value is -3.56. The number of likely N-dealkylation sites (tertiary alicyclic amines) is 1. The number of carbonyl (C=O) groups is 1. The quantitative estimate of drug-likeness (QED) is 0.396. The Morgan fingerprint density at radius 1 is 1.24 bits per heavy atom. The molecule has 3 rings (SSSR count). The smallest absolute Gasteiger partial charge is 0.262 e. The van der Waals surface area contributed by atoms with E-state index in [4.69, 9.17) is 9.15 Å². The fourth-order valence-electron chi connectivity index (χ4n) is 4.48. The monoisotopic (exact) mass is 501 g/mol. The van der Waals surface area contributed by atoms with Gasteiger partial charge in [-0.2, -0.15) is 5.26 Å². The van der Waals surface area contributed by atoms with Gasteiger partial charge in [-0.15, -0.1) is 0 Å². The van der Waals surface area contributed by atoms with Crippen LogP contribution in [0.2, 0.25) is 0 Å². The fraction of sp³-hybridized carbons (Fsp3) is 0.419. The van der Waals surface area contributed by atoms with Crippen molar-refractivity contribution >= 4 is 24.1 Å². The van der Waals surface area contributed by atoms with Crippen molar-refractivity contribution in [2.24, 2.45) is 0 Å². The molecule has 1 aromatic carbocycles. The summed E-state index contributed by atoms with van der Waals surface area (Å²) in [7, 11) is 1.62. The van der Waals surface area contributed by atoms with Crippen LogP contribution in [0.3, 0.4) is 0 Å². The molecule has 0 atom stereocenters. The van der Waals surface area contributed by atoms with Gasteiger partial charge in [0.05, 0.1) is 0 Å². The first kappa shape index (κ1) is 28.0. The number of amides is 1. The van der Waals surface area contributed by atoms with E-state index in [1.807, 2.05) is 38.1 Å². The number of piperidine rings is 1. The van der Waals surface area contributed by atoms with Crippen molar-refractivity contribution in [3.63, 3.8) is 0 Å². The number of rotatable bonds is 9. The third-order valence-electron chi connectivity index (χ3n) is 6.82. The number of furan rings is 1. The van der Waals surface area contributed by atoms with Gasteiger partial charge >= 0.3 is 0 Å². The van der Waals surface area contributed by atoms with Crippen LogP contribution in [0.15, 0.2) is 52.1 Å². The van der Waals surface area contributed by atoms with Crippen LogP contribution in [0, 0.1) is 11.3 Å². The summed E-state index contributed by atoms with van der Waals surface area (Å²) in [6, 6.07) is 11.8. The van der Waals surface area contributed by atoms with Crippen LogP contribution in [0.25, 0.3) is 29.6 Å². The van der Waals surface area contributed by atoms with E-state index < -0.39 is 11.4 Å². The molecule has 1 amide bonds. The number of nitrogens with zero attached hydrogens (tertiary/aromatic N) is 2. The highest BCUT2D eigenvalue weighted by Crippen LogP contribution is 2.27. The summed E-state index contributed by atoms with van der Waals surface area (Å²) in [5.41, 5.74) is 2.14. The van der Waals surface area contributed by atoms with E-state index in [1.165, 1.54) is 25.0 Å². The number of hydrogen-bond donors (Lipinski definition) is 1. The first-order chi connectivity index (χ1) is 17.7. The minimum Gasteiger partial charge on any atom is -0.456 e. The summed E-state index contributed by atoms with van der Waals surface area (Å²) in [6.45, 7) is 14.6. The minimum absolute atomic E-state index is 0.0331. The molecule has 1 N–H and O–H groups in total. The molecule has 37 heavy (non-hydrogen) atoms. The lowest BCUT2D eigenvalue weighted by molar-refractivity contribution is -0.118. The summed E-state index contributed by atoms with van der Waals surface area (Å²) in [6.07, 6.45) is 8.76. The molecule has 6 nitrogen and oxygen atoms in total. The van der Waals surface area contributed by atoms with Crippen molar-refractivity contribution < 1.29 is 13.9 Å². The number of nitriles is 1. The van der Waals surface area contributed by atoms with Crippen LogP contribution in [-0.4, -0.2) is 43.2 Å². The van der Waals surface area contributed by atoms with Crippen molar-refractivity contribution in [3.05, 3.63) is 63.9 Å². The van der Waals surface area contributed by atoms with E-state index in [9.17, 15) is 10.1 Å². The van der Waals surface area contributed by atoms with Crippen LogP contribution < -0.4 is 15.8 Å². The Labute approximate surface area is 220 Å². The zero-order valence-electron chi connectivity index (χ0n) is 22.8. The Balaban J connectivity index is 1.83. The Bertz CT molecular complexity index is 1320. The van der Waals surface area contributed by atoms with Gasteiger partial charge in [0.25, 0.3) is 5.91 Å². The van der Waals surface area contributed by atoms with Crippen LogP contribution >= 0.6 is 0 Å². The summed E-state index contributed by atoms with van der Waals surface area (Å²) in [5.74, 6) is 0.720. The molecule has 1 aromatic heterocycles. The summed E-state index contributed by atoms with van der Waals surface area (Å²) >= 11 is 0. The average Bonchev–Trinajstić information content (AvgIpc) is 3.38. The van der Waals surface area contributed by atoms with Crippen molar-refractivity contribution in [2.75, 3.05) is 26.8 Å². The van der Waals surface area contributed by atoms with Gasteiger partial charge in [-0.05, 0) is 88.1 Å². The Morgan fingerprint density at radius 3 is 2.59 bits per heavy atom. The average molecular weight is 502 g/mol. The van der Waals surface area contributed by atoms with Gasteiger partial charge in [-0.3, -0.25) is 4.79 Å². The number of nitrogens with one attached hydrogen (secondary N) is 1. The maximum atomic E-state index is 12.9. The molecule has 0 saturated carbocycles. The van der Waals surface area contributed by atoms with Crippen molar-refractivity contribution in [2.45, 2.75) is 58.9 Å². The number of allylic oxidation sites excluding steroid dienone is 3. The SMILES string of the molecule is C=c1cc(-c2ccc(/C(C)=C(\C#N)C(=O)NC(C)(C)CCOC)o2)cc/c1=C/C(=CC)N1CCCCC1. The second-order valence-corrected chi connectivity index (χ2v) is 10.2. The van der Waals surface area contributed by atoms with Crippen LogP contribution in [0.5, 0.6) is 0 Å². The summed E-state index contributed by atoms with van der Waals surface area (Å²) in [4.78, 5) is 15.3. The van der Waals surface area contributed by atoms with E-state index in [0.29, 0.717) is 30.1 Å². The summed E-state index contributed by atoms with van der Waals surface area (Å²) < 4.78 is 11.2. The summed E-state index contributed by atoms with van der Waals surface area (Å²) in [5, 5.41) is 14.6. The molecule has 0 aliphatic carbocycles. The van der Waals surface area contributed by atoms with E-state index in [-0.39, 0.29) is 5.57 Å². The number of hydrogen-bond acceptors (Lipinski definition) is 5. The van der Waals surface area contributed by atoms with Crippen LogP contribution in [0.1, 0.15) is 59.1 Å². The Kier molecular flexibility index (Phi) is 9.54. The number of carbonyl (C=O) groups excluding carboxylic acids is 1. The molecule has 1 saturated heterocycles. The van der Waals surface area contributed by atoms with Gasteiger partial charge in [0.1, 0.15) is 23.2 Å². The van der Waals surface area contributed by atoms with Gasteiger partial charge in [-0.25, -0.2) is 0 Å². The highest BCUT2D eigenvalue weighted by molar-refractivity contribution is 6.04. The first-order valence-corrected chi connectivity index (χ1v) is 12.9. The third-order valence-corrected chi connectivity index (χ3v) is 6.82. The maximum absolute atomic E-state index is 12.9. The molecular formula is C31H39N3O3. The number of methoxy groups -OCH3 is 1. The van der Waals surface area contributed by atoms with E-state index in [2.05, 4.69) is 41.9 Å². The zero-order valence-corrected chi connectivity index (χ0v) is 22.8. The topological polar surface area (TPSA) is 78.5 Å². The van der Waals surface area contributed by atoms with E-state index >= 15 is 0 Å².